The average Bonchev–Trinajstić information content (AvgIpc) is 2.40. The van der Waals surface area contributed by atoms with E-state index >= 15 is 0 Å². The number of hydrogen-bond donors (Lipinski definition) is 1. The van der Waals surface area contributed by atoms with E-state index in [1.807, 2.05) is 13.0 Å². The fourth-order valence-electron chi connectivity index (χ4n) is 1.62. The minimum absolute atomic E-state index is 0.169. The molecule has 0 unspecified atom stereocenters. The molecular formula is C14H12BrClN2O. The van der Waals surface area contributed by atoms with E-state index in [0.29, 0.717) is 17.1 Å². The Morgan fingerprint density at radius 3 is 2.95 bits per heavy atom. The van der Waals surface area contributed by atoms with Gasteiger partial charge >= 0.3 is 0 Å². The van der Waals surface area contributed by atoms with Gasteiger partial charge in [-0.3, -0.25) is 9.78 Å². The molecule has 1 amide bonds. The molecule has 1 heterocycles. The fraction of sp³-hybridized carbons (Fsp3) is 0.143. The molecule has 1 aromatic heterocycles. The summed E-state index contributed by atoms with van der Waals surface area (Å²) >= 11 is 9.23. The number of nitrogens with zero attached hydrogens (tertiary/aromatic N) is 1. The highest BCUT2D eigenvalue weighted by atomic mass is 79.9. The molecule has 1 aromatic carbocycles. The van der Waals surface area contributed by atoms with E-state index in [0.717, 1.165) is 15.6 Å². The van der Waals surface area contributed by atoms with Gasteiger partial charge in [0.25, 0.3) is 5.91 Å². The molecular weight excluding hydrogens is 328 g/mol. The molecule has 2 aromatic rings. The van der Waals surface area contributed by atoms with Crippen molar-refractivity contribution in [2.24, 2.45) is 0 Å². The molecule has 19 heavy (non-hydrogen) atoms. The second kappa shape index (κ2) is 6.17. The van der Waals surface area contributed by atoms with Gasteiger partial charge in [0.15, 0.2) is 0 Å². The first-order chi connectivity index (χ1) is 9.08. The summed E-state index contributed by atoms with van der Waals surface area (Å²) in [5, 5.41) is 3.39. The Morgan fingerprint density at radius 2 is 2.21 bits per heavy atom. The molecule has 0 bridgehead atoms. The minimum atomic E-state index is -0.169. The first kappa shape index (κ1) is 14.0. The summed E-state index contributed by atoms with van der Waals surface area (Å²) < 4.78 is 0.720. The van der Waals surface area contributed by atoms with Crippen molar-refractivity contribution >= 4 is 33.4 Å². The van der Waals surface area contributed by atoms with Crippen LogP contribution < -0.4 is 5.32 Å². The Kier molecular flexibility index (Phi) is 4.56. The summed E-state index contributed by atoms with van der Waals surface area (Å²) in [5.41, 5.74) is 2.61. The van der Waals surface area contributed by atoms with Crippen molar-refractivity contribution in [1.82, 2.24) is 10.3 Å². The van der Waals surface area contributed by atoms with E-state index in [4.69, 9.17) is 11.6 Å². The topological polar surface area (TPSA) is 42.0 Å². The van der Waals surface area contributed by atoms with Crippen LogP contribution in [0.2, 0.25) is 5.02 Å². The number of carbonyl (C=O) groups is 1. The number of rotatable bonds is 3. The molecule has 0 fully saturated rings. The van der Waals surface area contributed by atoms with Gasteiger partial charge in [-0.1, -0.05) is 11.6 Å². The van der Waals surface area contributed by atoms with Gasteiger partial charge in [-0.2, -0.15) is 0 Å². The number of aryl methyl sites for hydroxylation is 1. The number of carbonyl (C=O) groups excluding carboxylic acids is 1. The lowest BCUT2D eigenvalue weighted by molar-refractivity contribution is 0.0950. The third-order valence-electron chi connectivity index (χ3n) is 2.76. The molecule has 0 radical (unpaired) electrons. The molecule has 5 heteroatoms. The number of nitrogens with one attached hydrogen (secondary N) is 1. The molecule has 0 spiro atoms. The van der Waals surface area contributed by atoms with Gasteiger partial charge in [0, 0.05) is 28.4 Å². The molecule has 0 atom stereocenters. The maximum atomic E-state index is 12.1. The largest absolute Gasteiger partial charge is 0.348 e. The zero-order chi connectivity index (χ0) is 13.8. The number of amides is 1. The van der Waals surface area contributed by atoms with Gasteiger partial charge in [0.1, 0.15) is 0 Å². The maximum absolute atomic E-state index is 12.1. The van der Waals surface area contributed by atoms with E-state index < -0.39 is 0 Å². The Morgan fingerprint density at radius 1 is 1.42 bits per heavy atom. The Bertz CT molecular complexity index is 616. The second-order valence-corrected chi connectivity index (χ2v) is 5.40. The average molecular weight is 340 g/mol. The molecule has 0 saturated heterocycles. The summed E-state index contributed by atoms with van der Waals surface area (Å²) in [4.78, 5) is 16.1. The van der Waals surface area contributed by atoms with Crippen molar-refractivity contribution in [2.75, 3.05) is 0 Å². The van der Waals surface area contributed by atoms with Gasteiger partial charge in [0.2, 0.25) is 0 Å². The third-order valence-corrected chi connectivity index (χ3v) is 3.69. The van der Waals surface area contributed by atoms with E-state index in [2.05, 4.69) is 26.2 Å². The Hall–Kier alpha value is -1.39. The predicted octanol–water partition coefficient (Wildman–Crippen LogP) is 3.74. The van der Waals surface area contributed by atoms with Gasteiger partial charge in [-0.15, -0.1) is 0 Å². The Labute approximate surface area is 125 Å². The lowest BCUT2D eigenvalue weighted by atomic mass is 10.1. The highest BCUT2D eigenvalue weighted by molar-refractivity contribution is 9.10. The fourth-order valence-corrected chi connectivity index (χ4v) is 2.22. The monoisotopic (exact) mass is 338 g/mol. The van der Waals surface area contributed by atoms with Crippen LogP contribution in [0.25, 0.3) is 0 Å². The van der Waals surface area contributed by atoms with Crippen molar-refractivity contribution < 1.29 is 4.79 Å². The molecule has 0 aliphatic carbocycles. The zero-order valence-corrected chi connectivity index (χ0v) is 12.6. The van der Waals surface area contributed by atoms with Crippen LogP contribution in [-0.4, -0.2) is 10.9 Å². The lowest BCUT2D eigenvalue weighted by Gasteiger charge is -2.09. The standard InChI is InChI=1S/C14H12BrClN2O/c1-9-4-5-17-7-10(9)8-18-14(19)12-6-11(16)2-3-13(12)15/h2-7H,8H2,1H3,(H,18,19). The minimum Gasteiger partial charge on any atom is -0.348 e. The molecule has 2 rings (SSSR count). The summed E-state index contributed by atoms with van der Waals surface area (Å²) in [5.74, 6) is -0.169. The SMILES string of the molecule is Cc1ccncc1CNC(=O)c1cc(Cl)ccc1Br. The number of benzene rings is 1. The summed E-state index contributed by atoms with van der Waals surface area (Å²) in [7, 11) is 0. The Balaban J connectivity index is 2.10. The van der Waals surface area contributed by atoms with Crippen molar-refractivity contribution in [3.05, 3.63) is 62.8 Å². The van der Waals surface area contributed by atoms with Gasteiger partial charge in [0.05, 0.1) is 5.56 Å². The van der Waals surface area contributed by atoms with Crippen LogP contribution in [0.3, 0.4) is 0 Å². The van der Waals surface area contributed by atoms with Crippen molar-refractivity contribution in [1.29, 1.82) is 0 Å². The number of pyridine rings is 1. The van der Waals surface area contributed by atoms with Crippen LogP contribution in [-0.2, 0) is 6.54 Å². The third kappa shape index (κ3) is 3.55. The van der Waals surface area contributed by atoms with E-state index in [9.17, 15) is 4.79 Å². The molecule has 1 N–H and O–H groups in total. The lowest BCUT2D eigenvalue weighted by Crippen LogP contribution is -2.23. The van der Waals surface area contributed by atoms with E-state index in [1.54, 1.807) is 30.6 Å². The molecule has 0 saturated carbocycles. The van der Waals surface area contributed by atoms with Gasteiger partial charge in [-0.25, -0.2) is 0 Å². The summed E-state index contributed by atoms with van der Waals surface area (Å²) in [6, 6.07) is 7.04. The summed E-state index contributed by atoms with van der Waals surface area (Å²) in [6.45, 7) is 2.43. The van der Waals surface area contributed by atoms with Crippen LogP contribution in [0.5, 0.6) is 0 Å². The van der Waals surface area contributed by atoms with Crippen LogP contribution in [0.1, 0.15) is 21.5 Å². The molecule has 3 nitrogen and oxygen atoms in total. The van der Waals surface area contributed by atoms with Crippen molar-refractivity contribution in [3.8, 4) is 0 Å². The molecule has 0 aliphatic heterocycles. The van der Waals surface area contributed by atoms with E-state index in [1.165, 1.54) is 0 Å². The quantitative estimate of drug-likeness (QED) is 0.925. The van der Waals surface area contributed by atoms with Crippen molar-refractivity contribution in [3.63, 3.8) is 0 Å². The highest BCUT2D eigenvalue weighted by Crippen LogP contribution is 2.21. The molecule has 98 valence electrons. The zero-order valence-electron chi connectivity index (χ0n) is 10.3. The van der Waals surface area contributed by atoms with E-state index in [-0.39, 0.29) is 5.91 Å². The normalized spacial score (nSPS) is 10.3. The first-order valence-corrected chi connectivity index (χ1v) is 6.88. The predicted molar refractivity (Wildman–Crippen MR) is 79.3 cm³/mol. The summed E-state index contributed by atoms with van der Waals surface area (Å²) in [6.07, 6.45) is 3.48. The second-order valence-electron chi connectivity index (χ2n) is 4.11. The van der Waals surface area contributed by atoms with Crippen molar-refractivity contribution in [2.45, 2.75) is 13.5 Å². The van der Waals surface area contributed by atoms with Gasteiger partial charge in [-0.05, 0) is 58.2 Å². The highest BCUT2D eigenvalue weighted by Gasteiger charge is 2.10. The smallest absolute Gasteiger partial charge is 0.252 e. The van der Waals surface area contributed by atoms with Crippen LogP contribution in [0.4, 0.5) is 0 Å². The number of aromatic nitrogens is 1. The van der Waals surface area contributed by atoms with Crippen LogP contribution in [0.15, 0.2) is 41.1 Å². The van der Waals surface area contributed by atoms with Crippen LogP contribution in [0, 0.1) is 6.92 Å². The van der Waals surface area contributed by atoms with Crippen LogP contribution >= 0.6 is 27.5 Å². The maximum Gasteiger partial charge on any atom is 0.252 e. The number of hydrogen-bond acceptors (Lipinski definition) is 2. The number of halogens is 2. The first-order valence-electron chi connectivity index (χ1n) is 5.70. The van der Waals surface area contributed by atoms with Gasteiger partial charge < -0.3 is 5.32 Å². The molecule has 0 aliphatic rings.